The molecule has 0 saturated heterocycles. The molecular formula is C15H23BrFNO. The molecule has 1 aromatic rings. The van der Waals surface area contributed by atoms with Crippen molar-refractivity contribution in [2.45, 2.75) is 45.8 Å². The minimum Gasteiger partial charge on any atom is -0.377 e. The van der Waals surface area contributed by atoms with E-state index in [0.717, 1.165) is 24.9 Å². The van der Waals surface area contributed by atoms with Crippen LogP contribution in [0.25, 0.3) is 0 Å². The highest BCUT2D eigenvalue weighted by Gasteiger charge is 2.11. The van der Waals surface area contributed by atoms with Gasteiger partial charge in [0.2, 0.25) is 0 Å². The number of nitrogens with one attached hydrogen (secondary N) is 1. The number of rotatable bonds is 8. The van der Waals surface area contributed by atoms with Crippen LogP contribution in [0.1, 0.15) is 32.8 Å². The molecule has 1 aromatic carbocycles. The summed E-state index contributed by atoms with van der Waals surface area (Å²) in [6.07, 6.45) is 2.16. The molecule has 0 aromatic heterocycles. The second-order valence-corrected chi connectivity index (χ2v) is 5.84. The Kier molecular flexibility index (Phi) is 7.57. The average Bonchev–Trinajstić information content (AvgIpc) is 2.37. The van der Waals surface area contributed by atoms with E-state index in [1.165, 1.54) is 6.07 Å². The highest BCUT2D eigenvalue weighted by Crippen LogP contribution is 2.18. The second-order valence-electron chi connectivity index (χ2n) is 4.99. The molecule has 1 unspecified atom stereocenters. The molecule has 0 aliphatic rings. The predicted octanol–water partition coefficient (Wildman–Crippen LogP) is 3.92. The third kappa shape index (κ3) is 6.50. The van der Waals surface area contributed by atoms with Gasteiger partial charge in [0.15, 0.2) is 0 Å². The van der Waals surface area contributed by atoms with E-state index in [4.69, 9.17) is 4.74 Å². The van der Waals surface area contributed by atoms with E-state index >= 15 is 0 Å². The zero-order chi connectivity index (χ0) is 14.3. The molecular weight excluding hydrogens is 309 g/mol. The Morgan fingerprint density at radius 2 is 2.11 bits per heavy atom. The van der Waals surface area contributed by atoms with E-state index < -0.39 is 0 Å². The number of hydrogen-bond donors (Lipinski definition) is 1. The van der Waals surface area contributed by atoms with Crippen LogP contribution in [0, 0.1) is 5.82 Å². The summed E-state index contributed by atoms with van der Waals surface area (Å²) in [5.41, 5.74) is 1.11. The van der Waals surface area contributed by atoms with E-state index in [-0.39, 0.29) is 18.0 Å². The number of benzene rings is 1. The summed E-state index contributed by atoms with van der Waals surface area (Å²) >= 11 is 3.22. The van der Waals surface area contributed by atoms with Gasteiger partial charge >= 0.3 is 0 Å². The van der Waals surface area contributed by atoms with Gasteiger partial charge in [0.1, 0.15) is 5.82 Å². The van der Waals surface area contributed by atoms with Crippen molar-refractivity contribution in [2.75, 3.05) is 13.2 Å². The molecule has 0 amide bonds. The smallest absolute Gasteiger partial charge is 0.137 e. The molecule has 0 bridgehead atoms. The predicted molar refractivity (Wildman–Crippen MR) is 81.0 cm³/mol. The van der Waals surface area contributed by atoms with Crippen LogP contribution in [-0.4, -0.2) is 25.3 Å². The quantitative estimate of drug-likeness (QED) is 0.779. The topological polar surface area (TPSA) is 21.3 Å². The third-order valence-electron chi connectivity index (χ3n) is 2.78. The Hall–Kier alpha value is -0.450. The molecule has 0 heterocycles. The SMILES string of the molecule is CCCNC(COC(C)C)Cc1ccc(F)c(Br)c1. The molecule has 108 valence electrons. The monoisotopic (exact) mass is 331 g/mol. The first-order valence-electron chi connectivity index (χ1n) is 6.81. The molecule has 0 aliphatic carbocycles. The fourth-order valence-corrected chi connectivity index (χ4v) is 2.22. The van der Waals surface area contributed by atoms with Gasteiger partial charge in [0.05, 0.1) is 17.2 Å². The lowest BCUT2D eigenvalue weighted by Crippen LogP contribution is -2.36. The van der Waals surface area contributed by atoms with Crippen LogP contribution >= 0.6 is 15.9 Å². The van der Waals surface area contributed by atoms with Crippen LogP contribution < -0.4 is 5.32 Å². The summed E-state index contributed by atoms with van der Waals surface area (Å²) < 4.78 is 19.4. The van der Waals surface area contributed by atoms with Crippen molar-refractivity contribution in [2.24, 2.45) is 0 Å². The molecule has 1 N–H and O–H groups in total. The zero-order valence-electron chi connectivity index (χ0n) is 11.9. The highest BCUT2D eigenvalue weighted by atomic mass is 79.9. The normalized spacial score (nSPS) is 12.9. The van der Waals surface area contributed by atoms with Crippen molar-refractivity contribution in [1.82, 2.24) is 5.32 Å². The maximum atomic E-state index is 13.2. The lowest BCUT2D eigenvalue weighted by molar-refractivity contribution is 0.0613. The Bertz CT molecular complexity index is 384. The minimum absolute atomic E-state index is 0.222. The van der Waals surface area contributed by atoms with Crippen molar-refractivity contribution in [3.8, 4) is 0 Å². The first-order chi connectivity index (χ1) is 9.02. The fraction of sp³-hybridized carbons (Fsp3) is 0.600. The maximum absolute atomic E-state index is 13.2. The van der Waals surface area contributed by atoms with Crippen LogP contribution in [0.4, 0.5) is 4.39 Å². The first kappa shape index (κ1) is 16.6. The zero-order valence-corrected chi connectivity index (χ0v) is 13.5. The van der Waals surface area contributed by atoms with Crippen molar-refractivity contribution < 1.29 is 9.13 Å². The maximum Gasteiger partial charge on any atom is 0.137 e. The summed E-state index contributed by atoms with van der Waals surface area (Å²) in [5.74, 6) is -0.222. The Morgan fingerprint density at radius 3 is 2.68 bits per heavy atom. The number of ether oxygens (including phenoxy) is 1. The van der Waals surface area contributed by atoms with Crippen LogP contribution in [-0.2, 0) is 11.2 Å². The highest BCUT2D eigenvalue weighted by molar-refractivity contribution is 9.10. The van der Waals surface area contributed by atoms with Crippen LogP contribution in [0.2, 0.25) is 0 Å². The standard InChI is InChI=1S/C15H23BrFNO/c1-4-7-18-13(10-19-11(2)3)8-12-5-6-15(17)14(16)9-12/h5-6,9,11,13,18H,4,7-8,10H2,1-3H3. The van der Waals surface area contributed by atoms with Crippen molar-refractivity contribution in [3.05, 3.63) is 34.1 Å². The van der Waals surface area contributed by atoms with Gasteiger partial charge in [0, 0.05) is 6.04 Å². The molecule has 0 saturated carbocycles. The van der Waals surface area contributed by atoms with Crippen LogP contribution in [0.5, 0.6) is 0 Å². The van der Waals surface area contributed by atoms with Gasteiger partial charge in [-0.15, -0.1) is 0 Å². The summed E-state index contributed by atoms with van der Waals surface area (Å²) in [6, 6.07) is 5.43. The molecule has 1 rings (SSSR count). The molecule has 19 heavy (non-hydrogen) atoms. The number of halogens is 2. The van der Waals surface area contributed by atoms with Gasteiger partial charge in [-0.3, -0.25) is 0 Å². The molecule has 0 aliphatic heterocycles. The lowest BCUT2D eigenvalue weighted by atomic mass is 10.1. The second kappa shape index (κ2) is 8.67. The van der Waals surface area contributed by atoms with Crippen LogP contribution in [0.15, 0.2) is 22.7 Å². The average molecular weight is 332 g/mol. The van der Waals surface area contributed by atoms with E-state index in [0.29, 0.717) is 11.1 Å². The van der Waals surface area contributed by atoms with Crippen molar-refractivity contribution in [1.29, 1.82) is 0 Å². The fourth-order valence-electron chi connectivity index (χ4n) is 1.80. The number of hydrogen-bond acceptors (Lipinski definition) is 2. The van der Waals surface area contributed by atoms with Gasteiger partial charge in [-0.1, -0.05) is 13.0 Å². The Morgan fingerprint density at radius 1 is 1.37 bits per heavy atom. The minimum atomic E-state index is -0.222. The van der Waals surface area contributed by atoms with Crippen LogP contribution in [0.3, 0.4) is 0 Å². The van der Waals surface area contributed by atoms with Gasteiger partial charge in [0.25, 0.3) is 0 Å². The Labute approximate surface area is 123 Å². The molecule has 0 spiro atoms. The summed E-state index contributed by atoms with van der Waals surface area (Å²) in [5, 5.41) is 3.47. The van der Waals surface area contributed by atoms with Gasteiger partial charge in [-0.25, -0.2) is 4.39 Å². The molecule has 1 atom stereocenters. The van der Waals surface area contributed by atoms with Gasteiger partial charge in [-0.2, -0.15) is 0 Å². The van der Waals surface area contributed by atoms with E-state index in [9.17, 15) is 4.39 Å². The summed E-state index contributed by atoms with van der Waals surface area (Å²) in [7, 11) is 0. The molecule has 0 radical (unpaired) electrons. The summed E-state index contributed by atoms with van der Waals surface area (Å²) in [4.78, 5) is 0. The van der Waals surface area contributed by atoms with Gasteiger partial charge in [-0.05, 0) is 66.9 Å². The molecule has 0 fully saturated rings. The van der Waals surface area contributed by atoms with E-state index in [1.54, 1.807) is 0 Å². The lowest BCUT2D eigenvalue weighted by Gasteiger charge is -2.20. The summed E-state index contributed by atoms with van der Waals surface area (Å²) in [6.45, 7) is 7.85. The van der Waals surface area contributed by atoms with E-state index in [1.807, 2.05) is 26.0 Å². The largest absolute Gasteiger partial charge is 0.377 e. The van der Waals surface area contributed by atoms with E-state index in [2.05, 4.69) is 28.2 Å². The van der Waals surface area contributed by atoms with Crippen molar-refractivity contribution >= 4 is 15.9 Å². The third-order valence-corrected chi connectivity index (χ3v) is 3.39. The molecule has 4 heteroatoms. The molecule has 2 nitrogen and oxygen atoms in total. The first-order valence-corrected chi connectivity index (χ1v) is 7.61. The Balaban J connectivity index is 2.61. The van der Waals surface area contributed by atoms with Crippen molar-refractivity contribution in [3.63, 3.8) is 0 Å². The van der Waals surface area contributed by atoms with Gasteiger partial charge < -0.3 is 10.1 Å².